The van der Waals surface area contributed by atoms with Gasteiger partial charge in [0.2, 0.25) is 0 Å². The van der Waals surface area contributed by atoms with E-state index < -0.39 is 6.09 Å². The van der Waals surface area contributed by atoms with Crippen molar-refractivity contribution in [2.24, 2.45) is 5.73 Å². The third-order valence-corrected chi connectivity index (χ3v) is 5.41. The molecule has 0 aliphatic carbocycles. The predicted octanol–water partition coefficient (Wildman–Crippen LogP) is 4.37. The summed E-state index contributed by atoms with van der Waals surface area (Å²) in [6.45, 7) is 1.67. The van der Waals surface area contributed by atoms with E-state index in [1.54, 1.807) is 42.5 Å². The smallest absolute Gasteiger partial charge is 0.409 e. The number of hydrogen-bond acceptors (Lipinski definition) is 4. The number of amides is 2. The SMILES string of the molecule is NC1CCN(c2ccc(C(=O)Nc3cc(-c4ccc(F)cc4)ccc3NC(=O)O)cc2)C1. The maximum absolute atomic E-state index is 13.3. The molecule has 1 heterocycles. The second-order valence-electron chi connectivity index (χ2n) is 7.69. The van der Waals surface area contributed by atoms with Gasteiger partial charge in [-0.2, -0.15) is 0 Å². The normalized spacial score (nSPS) is 15.4. The van der Waals surface area contributed by atoms with E-state index >= 15 is 0 Å². The molecule has 5 N–H and O–H groups in total. The number of carboxylic acid groups (broad SMARTS) is 1. The molecule has 1 fully saturated rings. The number of carbonyl (C=O) groups is 2. The molecule has 1 atom stereocenters. The second kappa shape index (κ2) is 9.07. The van der Waals surface area contributed by atoms with Crippen molar-refractivity contribution in [3.63, 3.8) is 0 Å². The highest BCUT2D eigenvalue weighted by Gasteiger charge is 2.19. The van der Waals surface area contributed by atoms with Gasteiger partial charge >= 0.3 is 6.09 Å². The Bertz CT molecular complexity index is 1130. The Labute approximate surface area is 184 Å². The van der Waals surface area contributed by atoms with Crippen molar-refractivity contribution >= 4 is 29.1 Å². The van der Waals surface area contributed by atoms with Crippen molar-refractivity contribution in [3.05, 3.63) is 78.1 Å². The van der Waals surface area contributed by atoms with E-state index in [0.29, 0.717) is 16.8 Å². The number of rotatable bonds is 5. The summed E-state index contributed by atoms with van der Waals surface area (Å²) >= 11 is 0. The Morgan fingerprint density at radius 2 is 1.62 bits per heavy atom. The summed E-state index contributed by atoms with van der Waals surface area (Å²) in [6.07, 6.45) is -0.311. The molecular formula is C24H23FN4O3. The summed E-state index contributed by atoms with van der Waals surface area (Å²) in [5, 5.41) is 14.2. The minimum Gasteiger partial charge on any atom is -0.465 e. The molecule has 1 unspecified atom stereocenters. The number of nitrogens with two attached hydrogens (primary N) is 1. The summed E-state index contributed by atoms with van der Waals surface area (Å²) in [4.78, 5) is 26.2. The molecule has 164 valence electrons. The summed E-state index contributed by atoms with van der Waals surface area (Å²) in [5.74, 6) is -0.731. The van der Waals surface area contributed by atoms with Crippen molar-refractivity contribution in [3.8, 4) is 11.1 Å². The summed E-state index contributed by atoms with van der Waals surface area (Å²) in [6, 6.07) is 18.2. The number of carbonyl (C=O) groups excluding carboxylic acids is 1. The maximum atomic E-state index is 13.3. The van der Waals surface area contributed by atoms with Gasteiger partial charge in [0.05, 0.1) is 11.4 Å². The van der Waals surface area contributed by atoms with Gasteiger partial charge in [-0.05, 0) is 66.1 Å². The topological polar surface area (TPSA) is 108 Å². The van der Waals surface area contributed by atoms with E-state index in [1.165, 1.54) is 12.1 Å². The van der Waals surface area contributed by atoms with E-state index in [2.05, 4.69) is 15.5 Å². The Balaban J connectivity index is 1.57. The standard InChI is InChI=1S/C24H23FN4O3/c25-18-6-1-15(2-7-18)17-5-10-21(28-24(31)32)22(13-17)27-23(30)16-3-8-20(9-4-16)29-12-11-19(26)14-29/h1-10,13,19,28H,11-12,14,26H2,(H,27,30)(H,31,32). The van der Waals surface area contributed by atoms with E-state index in [-0.39, 0.29) is 23.5 Å². The third kappa shape index (κ3) is 4.87. The Morgan fingerprint density at radius 1 is 0.938 bits per heavy atom. The first-order chi connectivity index (χ1) is 15.4. The van der Waals surface area contributed by atoms with Crippen molar-refractivity contribution < 1.29 is 19.1 Å². The Kier molecular flexibility index (Phi) is 6.04. The number of nitrogens with zero attached hydrogens (tertiary/aromatic N) is 1. The molecule has 0 radical (unpaired) electrons. The molecular weight excluding hydrogens is 411 g/mol. The first-order valence-corrected chi connectivity index (χ1v) is 10.2. The molecule has 8 heteroatoms. The Morgan fingerprint density at radius 3 is 2.25 bits per heavy atom. The maximum Gasteiger partial charge on any atom is 0.409 e. The molecule has 3 aromatic rings. The van der Waals surface area contributed by atoms with Crippen LogP contribution in [0.5, 0.6) is 0 Å². The lowest BCUT2D eigenvalue weighted by atomic mass is 10.0. The Hall–Kier alpha value is -3.91. The van der Waals surface area contributed by atoms with Gasteiger partial charge in [0, 0.05) is 30.4 Å². The molecule has 1 aliphatic heterocycles. The van der Waals surface area contributed by atoms with Crippen molar-refractivity contribution in [1.82, 2.24) is 0 Å². The minimum atomic E-state index is -1.25. The van der Waals surface area contributed by atoms with Crippen molar-refractivity contribution in [2.45, 2.75) is 12.5 Å². The first-order valence-electron chi connectivity index (χ1n) is 10.2. The zero-order valence-corrected chi connectivity index (χ0v) is 17.2. The van der Waals surface area contributed by atoms with Gasteiger partial charge in [0.25, 0.3) is 5.91 Å². The highest BCUT2D eigenvalue weighted by molar-refractivity contribution is 6.07. The fourth-order valence-electron chi connectivity index (χ4n) is 3.73. The van der Waals surface area contributed by atoms with Gasteiger partial charge in [-0.15, -0.1) is 0 Å². The molecule has 0 aromatic heterocycles. The van der Waals surface area contributed by atoms with Crippen LogP contribution in [0.1, 0.15) is 16.8 Å². The summed E-state index contributed by atoms with van der Waals surface area (Å²) in [7, 11) is 0. The van der Waals surface area contributed by atoms with E-state index in [9.17, 15) is 14.0 Å². The molecule has 1 saturated heterocycles. The van der Waals surface area contributed by atoms with Crippen LogP contribution in [0.15, 0.2) is 66.7 Å². The quantitative estimate of drug-likeness (QED) is 0.477. The summed E-state index contributed by atoms with van der Waals surface area (Å²) < 4.78 is 13.3. The van der Waals surface area contributed by atoms with Gasteiger partial charge in [0.15, 0.2) is 0 Å². The van der Waals surface area contributed by atoms with Gasteiger partial charge in [-0.1, -0.05) is 18.2 Å². The highest BCUT2D eigenvalue weighted by atomic mass is 19.1. The van der Waals surface area contributed by atoms with E-state index in [1.807, 2.05) is 12.1 Å². The van der Waals surface area contributed by atoms with Crippen LogP contribution in [0.4, 0.5) is 26.2 Å². The average Bonchev–Trinajstić information content (AvgIpc) is 3.21. The van der Waals surface area contributed by atoms with Crippen molar-refractivity contribution in [1.29, 1.82) is 0 Å². The number of halogens is 1. The molecule has 0 saturated carbocycles. The highest BCUT2D eigenvalue weighted by Crippen LogP contribution is 2.30. The lowest BCUT2D eigenvalue weighted by Gasteiger charge is -2.18. The fraction of sp³-hybridized carbons (Fsp3) is 0.167. The molecule has 2 amide bonds. The first kappa shape index (κ1) is 21.3. The van der Waals surface area contributed by atoms with Crippen LogP contribution < -0.4 is 21.3 Å². The number of hydrogen-bond donors (Lipinski definition) is 4. The van der Waals surface area contributed by atoms with Gasteiger partial charge in [0.1, 0.15) is 5.82 Å². The zero-order chi connectivity index (χ0) is 22.7. The molecule has 32 heavy (non-hydrogen) atoms. The van der Waals surface area contributed by atoms with Crippen LogP contribution >= 0.6 is 0 Å². The monoisotopic (exact) mass is 434 g/mol. The lowest BCUT2D eigenvalue weighted by Crippen LogP contribution is -2.26. The number of nitrogens with one attached hydrogen (secondary N) is 2. The second-order valence-corrected chi connectivity index (χ2v) is 7.69. The predicted molar refractivity (Wildman–Crippen MR) is 123 cm³/mol. The van der Waals surface area contributed by atoms with Gasteiger partial charge in [-0.3, -0.25) is 10.1 Å². The molecule has 7 nitrogen and oxygen atoms in total. The van der Waals surface area contributed by atoms with E-state index in [4.69, 9.17) is 10.8 Å². The molecule has 0 spiro atoms. The van der Waals surface area contributed by atoms with Crippen LogP contribution in [0.3, 0.4) is 0 Å². The molecule has 0 bridgehead atoms. The van der Waals surface area contributed by atoms with Crippen LogP contribution in [-0.4, -0.2) is 36.2 Å². The van der Waals surface area contributed by atoms with Gasteiger partial charge < -0.3 is 21.1 Å². The third-order valence-electron chi connectivity index (χ3n) is 5.41. The summed E-state index contributed by atoms with van der Waals surface area (Å²) in [5.41, 5.74) is 9.38. The fourth-order valence-corrected chi connectivity index (χ4v) is 3.73. The molecule has 1 aliphatic rings. The van der Waals surface area contributed by atoms with Crippen LogP contribution in [0.2, 0.25) is 0 Å². The van der Waals surface area contributed by atoms with Gasteiger partial charge in [-0.25, -0.2) is 9.18 Å². The average molecular weight is 434 g/mol. The van der Waals surface area contributed by atoms with Crippen molar-refractivity contribution in [2.75, 3.05) is 28.6 Å². The molecule has 3 aromatic carbocycles. The molecule has 4 rings (SSSR count). The van der Waals surface area contributed by atoms with Crippen LogP contribution in [0.25, 0.3) is 11.1 Å². The van der Waals surface area contributed by atoms with E-state index in [0.717, 1.165) is 30.8 Å². The minimum absolute atomic E-state index is 0.159. The van der Waals surface area contributed by atoms with Crippen LogP contribution in [0, 0.1) is 5.82 Å². The largest absolute Gasteiger partial charge is 0.465 e. The number of benzene rings is 3. The number of anilines is 3. The zero-order valence-electron chi connectivity index (χ0n) is 17.2. The van der Waals surface area contributed by atoms with Crippen LogP contribution in [-0.2, 0) is 0 Å². The lowest BCUT2D eigenvalue weighted by molar-refractivity contribution is 0.102.